The number of aromatic amines is 1. The molecule has 2 aliphatic heterocycles. The first-order valence-electron chi connectivity index (χ1n) is 15.2. The fourth-order valence-corrected chi connectivity index (χ4v) is 7.00. The maximum Gasteiger partial charge on any atom is 0.319 e. The highest BCUT2D eigenvalue weighted by atomic mass is 19.1. The Kier molecular flexibility index (Phi) is 7.08. The number of ether oxygens (including phenoxy) is 2. The van der Waals surface area contributed by atoms with Crippen LogP contribution in [0.1, 0.15) is 63.0 Å². The standard InChI is InChI=1S/C31H37F2N7O3/c1-16(2)43-29-24-27(25(33)26(36-29)23-20-13-35-39-21(20)11-17(3)22(23)18-5-6-18)37-30(38-28(24)34-8-10-41)42-15-31-7-4-9-40(31)14-19(32)12-31/h11,13,16,18-19,41H,4-10,12,14-15H2,1-3H3,(H,35,39)(H,34,37,38)/t19-,31+/m1/s1. The molecule has 43 heavy (non-hydrogen) atoms. The van der Waals surface area contributed by atoms with Gasteiger partial charge in [0.05, 0.1) is 30.0 Å². The van der Waals surface area contributed by atoms with E-state index in [1.54, 1.807) is 6.20 Å². The fraction of sp³-hybridized carbons (Fsp3) is 0.548. The van der Waals surface area contributed by atoms with Gasteiger partial charge in [-0.15, -0.1) is 0 Å². The summed E-state index contributed by atoms with van der Waals surface area (Å²) < 4.78 is 43.7. The van der Waals surface area contributed by atoms with Crippen molar-refractivity contribution < 1.29 is 23.4 Å². The number of aromatic nitrogens is 5. The van der Waals surface area contributed by atoms with Gasteiger partial charge in [0.25, 0.3) is 0 Å². The monoisotopic (exact) mass is 593 g/mol. The zero-order valence-electron chi connectivity index (χ0n) is 24.7. The van der Waals surface area contributed by atoms with Gasteiger partial charge in [0, 0.05) is 30.5 Å². The summed E-state index contributed by atoms with van der Waals surface area (Å²) >= 11 is 0. The number of pyridine rings is 1. The smallest absolute Gasteiger partial charge is 0.319 e. The Balaban J connectivity index is 1.41. The molecule has 228 valence electrons. The summed E-state index contributed by atoms with van der Waals surface area (Å²) in [5.41, 5.74) is 3.30. The average Bonchev–Trinajstić information content (AvgIpc) is 3.43. The van der Waals surface area contributed by atoms with Crippen LogP contribution in [0.5, 0.6) is 11.9 Å². The van der Waals surface area contributed by atoms with Crippen LogP contribution in [0, 0.1) is 12.7 Å². The SMILES string of the molecule is Cc1cc2[nH]ncc2c(-c2nc(OC(C)C)c3c(NCCO)nc(OC[C@@]45CCCN4C[C@H](F)C5)nc3c2F)c1C1CC1. The van der Waals surface area contributed by atoms with Crippen molar-refractivity contribution in [3.8, 4) is 23.1 Å². The highest BCUT2D eigenvalue weighted by molar-refractivity contribution is 6.01. The third-order valence-corrected chi connectivity index (χ3v) is 8.93. The van der Waals surface area contributed by atoms with E-state index in [0.29, 0.717) is 24.4 Å². The van der Waals surface area contributed by atoms with E-state index in [9.17, 15) is 9.50 Å². The second-order valence-electron chi connectivity index (χ2n) is 12.4. The molecule has 0 unspecified atom stereocenters. The lowest BCUT2D eigenvalue weighted by Gasteiger charge is -2.30. The molecule has 1 saturated carbocycles. The number of nitrogens with one attached hydrogen (secondary N) is 2. The molecule has 1 aromatic carbocycles. The van der Waals surface area contributed by atoms with Crippen molar-refractivity contribution >= 4 is 27.6 Å². The number of halogens is 2. The van der Waals surface area contributed by atoms with Gasteiger partial charge in [-0.05, 0) is 76.1 Å². The Labute approximate surface area is 248 Å². The lowest BCUT2D eigenvalue weighted by atomic mass is 9.92. The molecule has 4 aromatic rings. The Hall–Kier alpha value is -3.64. The highest BCUT2D eigenvalue weighted by Gasteiger charge is 2.49. The number of H-pyrrole nitrogens is 1. The number of hydrogen-bond acceptors (Lipinski definition) is 9. The van der Waals surface area contributed by atoms with Gasteiger partial charge in [-0.2, -0.15) is 15.1 Å². The van der Waals surface area contributed by atoms with Gasteiger partial charge in [-0.1, -0.05) is 0 Å². The minimum absolute atomic E-state index is 0.00144. The third kappa shape index (κ3) is 4.94. The molecule has 2 saturated heterocycles. The van der Waals surface area contributed by atoms with Crippen molar-refractivity contribution in [3.63, 3.8) is 0 Å². The quantitative estimate of drug-likeness (QED) is 0.232. The molecule has 1 aliphatic carbocycles. The molecule has 3 N–H and O–H groups in total. The normalized spacial score (nSPS) is 22.2. The van der Waals surface area contributed by atoms with E-state index in [2.05, 4.69) is 30.4 Å². The largest absolute Gasteiger partial charge is 0.474 e. The van der Waals surface area contributed by atoms with E-state index in [0.717, 1.165) is 54.3 Å². The van der Waals surface area contributed by atoms with E-state index >= 15 is 4.39 Å². The van der Waals surface area contributed by atoms with Gasteiger partial charge in [0.2, 0.25) is 5.88 Å². The van der Waals surface area contributed by atoms with Crippen molar-refractivity contribution in [1.29, 1.82) is 0 Å². The maximum atomic E-state index is 17.0. The summed E-state index contributed by atoms with van der Waals surface area (Å²) in [6.45, 7) is 7.20. The molecule has 0 bridgehead atoms. The first-order valence-corrected chi connectivity index (χ1v) is 15.2. The molecule has 12 heteroatoms. The second kappa shape index (κ2) is 10.8. The minimum Gasteiger partial charge on any atom is -0.474 e. The lowest BCUT2D eigenvalue weighted by Crippen LogP contribution is -2.43. The molecule has 3 aliphatic rings. The first-order chi connectivity index (χ1) is 20.8. The molecule has 2 atom stereocenters. The molecule has 10 nitrogen and oxygen atoms in total. The van der Waals surface area contributed by atoms with Crippen molar-refractivity contribution in [1.82, 2.24) is 30.0 Å². The van der Waals surface area contributed by atoms with Crippen molar-refractivity contribution in [2.24, 2.45) is 0 Å². The van der Waals surface area contributed by atoms with Gasteiger partial charge >= 0.3 is 6.01 Å². The number of rotatable bonds is 10. The van der Waals surface area contributed by atoms with E-state index in [1.165, 1.54) is 0 Å². The molecule has 7 rings (SSSR count). The van der Waals surface area contributed by atoms with Crippen LogP contribution in [-0.2, 0) is 0 Å². The second-order valence-corrected chi connectivity index (χ2v) is 12.4. The lowest BCUT2D eigenvalue weighted by molar-refractivity contribution is 0.107. The van der Waals surface area contributed by atoms with Gasteiger partial charge in [0.15, 0.2) is 5.82 Å². The first kappa shape index (κ1) is 28.1. The van der Waals surface area contributed by atoms with E-state index < -0.39 is 17.5 Å². The molecular formula is C31H37F2N7O3. The number of fused-ring (bicyclic) bond motifs is 3. The predicted octanol–water partition coefficient (Wildman–Crippen LogP) is 5.04. The topological polar surface area (TPSA) is 121 Å². The van der Waals surface area contributed by atoms with Crippen LogP contribution < -0.4 is 14.8 Å². The number of aliphatic hydroxyl groups is 1. The molecular weight excluding hydrogens is 556 g/mol. The van der Waals surface area contributed by atoms with Crippen LogP contribution in [0.3, 0.4) is 0 Å². The summed E-state index contributed by atoms with van der Waals surface area (Å²) in [5.74, 6) is 0.125. The van der Waals surface area contributed by atoms with Gasteiger partial charge in [0.1, 0.15) is 35.2 Å². The molecule has 3 fully saturated rings. The summed E-state index contributed by atoms with van der Waals surface area (Å²) in [6.07, 6.45) is 4.77. The van der Waals surface area contributed by atoms with Gasteiger partial charge < -0.3 is 19.9 Å². The minimum atomic E-state index is -0.903. The van der Waals surface area contributed by atoms with Crippen LogP contribution in [0.2, 0.25) is 0 Å². The zero-order valence-corrected chi connectivity index (χ0v) is 24.7. The Bertz CT molecular complexity index is 1690. The average molecular weight is 594 g/mol. The van der Waals surface area contributed by atoms with Crippen LogP contribution in [0.4, 0.5) is 14.6 Å². The molecule has 0 amide bonds. The molecule has 0 spiro atoms. The van der Waals surface area contributed by atoms with Crippen molar-refractivity contribution in [3.05, 3.63) is 29.2 Å². The Morgan fingerprint density at radius 1 is 1.26 bits per heavy atom. The van der Waals surface area contributed by atoms with Crippen molar-refractivity contribution in [2.45, 2.75) is 76.6 Å². The van der Waals surface area contributed by atoms with Crippen molar-refractivity contribution in [2.75, 3.05) is 38.2 Å². The predicted molar refractivity (Wildman–Crippen MR) is 159 cm³/mol. The number of benzene rings is 1. The molecule has 3 aromatic heterocycles. The van der Waals surface area contributed by atoms with Gasteiger partial charge in [-0.25, -0.2) is 13.8 Å². The number of aryl methyl sites for hydroxylation is 1. The Morgan fingerprint density at radius 3 is 2.86 bits per heavy atom. The summed E-state index contributed by atoms with van der Waals surface area (Å²) in [5, 5.41) is 21.0. The summed E-state index contributed by atoms with van der Waals surface area (Å²) in [7, 11) is 0. The summed E-state index contributed by atoms with van der Waals surface area (Å²) in [6, 6.07) is 2.02. The number of alkyl halides is 1. The molecule has 0 radical (unpaired) electrons. The zero-order chi connectivity index (χ0) is 29.9. The van der Waals surface area contributed by atoms with Crippen LogP contribution in [0.15, 0.2) is 12.3 Å². The Morgan fingerprint density at radius 2 is 2.09 bits per heavy atom. The van der Waals surface area contributed by atoms with Crippen LogP contribution >= 0.6 is 0 Å². The van der Waals surface area contributed by atoms with E-state index in [4.69, 9.17) is 14.5 Å². The third-order valence-electron chi connectivity index (χ3n) is 8.93. The van der Waals surface area contributed by atoms with E-state index in [-0.39, 0.29) is 60.2 Å². The highest BCUT2D eigenvalue weighted by Crippen LogP contribution is 2.49. The summed E-state index contributed by atoms with van der Waals surface area (Å²) in [4.78, 5) is 16.1. The van der Waals surface area contributed by atoms with Gasteiger partial charge in [-0.3, -0.25) is 10.00 Å². The number of aliphatic hydroxyl groups excluding tert-OH is 1. The number of nitrogens with zero attached hydrogens (tertiary/aromatic N) is 5. The number of anilines is 1. The number of hydrogen-bond donors (Lipinski definition) is 3. The maximum absolute atomic E-state index is 17.0. The van der Waals surface area contributed by atoms with E-state index in [1.807, 2.05) is 26.8 Å². The molecule has 5 heterocycles. The fourth-order valence-electron chi connectivity index (χ4n) is 7.00. The van der Waals surface area contributed by atoms with Crippen LogP contribution in [-0.4, -0.2) is 85.8 Å². The van der Waals surface area contributed by atoms with Crippen LogP contribution in [0.25, 0.3) is 33.1 Å².